The number of hydrogen-bond donors (Lipinski definition) is 3. The second-order valence-corrected chi connectivity index (χ2v) is 12.0. The molecule has 188 valence electrons. The van der Waals surface area contributed by atoms with E-state index in [1.165, 1.54) is 24.5 Å². The van der Waals surface area contributed by atoms with Gasteiger partial charge in [-0.3, -0.25) is 9.55 Å². The van der Waals surface area contributed by atoms with E-state index in [1.807, 2.05) is 54.9 Å². The van der Waals surface area contributed by atoms with Crippen LogP contribution >= 0.6 is 18.9 Å². The molecule has 0 radical (unpaired) electrons. The second kappa shape index (κ2) is 9.88. The molecule has 1 aliphatic carbocycles. The van der Waals surface area contributed by atoms with Crippen molar-refractivity contribution in [2.24, 2.45) is 0 Å². The van der Waals surface area contributed by atoms with E-state index >= 15 is 0 Å². The first-order chi connectivity index (χ1) is 17.9. The summed E-state index contributed by atoms with van der Waals surface area (Å²) < 4.78 is 18.1. The van der Waals surface area contributed by atoms with E-state index in [2.05, 4.69) is 22.4 Å². The van der Waals surface area contributed by atoms with Crippen LogP contribution in [-0.2, 0) is 4.57 Å². The van der Waals surface area contributed by atoms with Gasteiger partial charge in [0.05, 0.1) is 10.2 Å². The van der Waals surface area contributed by atoms with Crippen molar-refractivity contribution < 1.29 is 18.8 Å². The lowest BCUT2D eigenvalue weighted by Crippen LogP contribution is -2.26. The van der Waals surface area contributed by atoms with Crippen molar-refractivity contribution in [1.82, 2.24) is 9.97 Å². The minimum Gasteiger partial charge on any atom is -0.448 e. The number of rotatable bonds is 6. The van der Waals surface area contributed by atoms with E-state index in [1.54, 1.807) is 17.4 Å². The second-order valence-electron chi connectivity index (χ2n) is 9.43. The van der Waals surface area contributed by atoms with Gasteiger partial charge in [0, 0.05) is 29.6 Å². The van der Waals surface area contributed by atoms with E-state index in [-0.39, 0.29) is 5.50 Å². The number of anilines is 1. The smallest absolute Gasteiger partial charge is 0.391 e. The van der Waals surface area contributed by atoms with Crippen molar-refractivity contribution in [3.05, 3.63) is 84.7 Å². The first-order valence-electron chi connectivity index (χ1n) is 12.3. The number of nitrogens with one attached hydrogen (secondary N) is 1. The van der Waals surface area contributed by atoms with Crippen molar-refractivity contribution >= 4 is 39.8 Å². The van der Waals surface area contributed by atoms with Gasteiger partial charge in [0.1, 0.15) is 5.76 Å². The Bertz CT molecular complexity index is 1590. The summed E-state index contributed by atoms with van der Waals surface area (Å²) in [5.41, 5.74) is 4.72. The molecule has 1 saturated carbocycles. The molecule has 0 bridgehead atoms. The number of nitrogens with zero attached hydrogens (tertiary/aromatic N) is 2. The van der Waals surface area contributed by atoms with E-state index in [0.29, 0.717) is 17.7 Å². The summed E-state index contributed by atoms with van der Waals surface area (Å²) in [5.74, 6) is 0.930. The van der Waals surface area contributed by atoms with Gasteiger partial charge in [-0.1, -0.05) is 54.2 Å². The summed E-state index contributed by atoms with van der Waals surface area (Å²) in [6.45, 7) is 0. The van der Waals surface area contributed by atoms with Crippen molar-refractivity contribution in [2.45, 2.75) is 37.6 Å². The van der Waals surface area contributed by atoms with Crippen LogP contribution in [0.25, 0.3) is 32.7 Å². The summed E-state index contributed by atoms with van der Waals surface area (Å²) in [7, 11) is -4.44. The van der Waals surface area contributed by atoms with Crippen molar-refractivity contribution in [1.29, 1.82) is 0 Å². The molecule has 0 spiro atoms. The Balaban J connectivity index is 1.26. The number of benzene rings is 2. The van der Waals surface area contributed by atoms with E-state index in [4.69, 9.17) is 9.40 Å². The highest BCUT2D eigenvalue weighted by atomic mass is 32.1. The van der Waals surface area contributed by atoms with Gasteiger partial charge < -0.3 is 19.5 Å². The SMILES string of the molecule is O=P(O)(O)c1ccc(-c2cccc(-c3cccc4nc(NC5CCCC(c6cccnc6)C5)sc34)c2)o1. The molecule has 2 unspecified atom stereocenters. The van der Waals surface area contributed by atoms with Crippen molar-refractivity contribution in [3.63, 3.8) is 0 Å². The van der Waals surface area contributed by atoms with Gasteiger partial charge in [-0.25, -0.2) is 4.98 Å². The van der Waals surface area contributed by atoms with E-state index in [9.17, 15) is 14.4 Å². The molecule has 3 N–H and O–H groups in total. The van der Waals surface area contributed by atoms with E-state index in [0.717, 1.165) is 44.9 Å². The van der Waals surface area contributed by atoms with Crippen LogP contribution in [-0.4, -0.2) is 25.8 Å². The van der Waals surface area contributed by atoms with E-state index < -0.39 is 7.60 Å². The highest BCUT2D eigenvalue weighted by molar-refractivity contribution is 7.59. The maximum absolute atomic E-state index is 11.5. The third kappa shape index (κ3) is 5.11. The van der Waals surface area contributed by atoms with Crippen LogP contribution in [0.3, 0.4) is 0 Å². The quantitative estimate of drug-likeness (QED) is 0.213. The molecule has 2 atom stereocenters. The Morgan fingerprint density at radius 3 is 2.68 bits per heavy atom. The summed E-state index contributed by atoms with van der Waals surface area (Å²) in [4.78, 5) is 28.0. The summed E-state index contributed by atoms with van der Waals surface area (Å²) in [5, 5.41) is 4.62. The van der Waals surface area contributed by atoms with Crippen molar-refractivity contribution in [3.8, 4) is 22.5 Å². The lowest BCUT2D eigenvalue weighted by atomic mass is 9.82. The monoisotopic (exact) mass is 531 g/mol. The molecule has 2 aromatic carbocycles. The Morgan fingerprint density at radius 2 is 1.86 bits per heavy atom. The van der Waals surface area contributed by atoms with Crippen LogP contribution in [0.4, 0.5) is 5.13 Å². The molecule has 7 nitrogen and oxygen atoms in total. The first-order valence-corrected chi connectivity index (χ1v) is 14.7. The number of thiazole rings is 1. The zero-order valence-electron chi connectivity index (χ0n) is 19.9. The molecule has 3 heterocycles. The van der Waals surface area contributed by atoms with Gasteiger partial charge in [0.25, 0.3) is 0 Å². The van der Waals surface area contributed by atoms with Gasteiger partial charge in [-0.15, -0.1) is 0 Å². The molecular formula is C28H26N3O4PS. The van der Waals surface area contributed by atoms with Gasteiger partial charge in [-0.2, -0.15) is 0 Å². The third-order valence-electron chi connectivity index (χ3n) is 6.91. The fourth-order valence-corrected chi connectivity index (χ4v) is 6.70. The van der Waals surface area contributed by atoms with Crippen LogP contribution in [0.1, 0.15) is 37.2 Å². The lowest BCUT2D eigenvalue weighted by molar-refractivity contribution is 0.377. The van der Waals surface area contributed by atoms with Crippen LogP contribution < -0.4 is 10.8 Å². The number of pyridine rings is 1. The van der Waals surface area contributed by atoms with Crippen LogP contribution in [0.5, 0.6) is 0 Å². The van der Waals surface area contributed by atoms with Gasteiger partial charge in [0.15, 0.2) is 5.13 Å². The fraction of sp³-hybridized carbons (Fsp3) is 0.214. The largest absolute Gasteiger partial charge is 0.448 e. The molecule has 1 fully saturated rings. The van der Waals surface area contributed by atoms with Crippen molar-refractivity contribution in [2.75, 3.05) is 5.32 Å². The Hall–Kier alpha value is -3.29. The Kier molecular flexibility index (Phi) is 6.42. The molecule has 5 aromatic rings. The normalized spacial score (nSPS) is 18.2. The Labute approximate surface area is 218 Å². The van der Waals surface area contributed by atoms with Crippen LogP contribution in [0.2, 0.25) is 0 Å². The molecule has 0 saturated heterocycles. The number of furan rings is 1. The van der Waals surface area contributed by atoms with Crippen LogP contribution in [0.15, 0.2) is 83.5 Å². The molecule has 0 amide bonds. The molecule has 6 rings (SSSR count). The third-order valence-corrected chi connectivity index (χ3v) is 8.76. The molecule has 0 aliphatic heterocycles. The predicted octanol–water partition coefficient (Wildman–Crippen LogP) is 6.56. The zero-order chi connectivity index (χ0) is 25.4. The standard InChI is InChI=1S/C28H26N3O4PS/c32-36(33,34)26-13-12-25(35-26)20-7-1-6-19(15-20)23-10-3-11-24-27(23)37-28(31-24)30-22-9-2-5-18(16-22)21-8-4-14-29-17-21/h1,3-4,6-8,10-15,17-18,22H,2,5,9,16H2,(H,30,31)(H2,32,33,34). The molecule has 9 heteroatoms. The number of hydrogen-bond acceptors (Lipinski definition) is 6. The summed E-state index contributed by atoms with van der Waals surface area (Å²) in [6.07, 6.45) is 8.37. The molecule has 3 aromatic heterocycles. The average molecular weight is 532 g/mol. The zero-order valence-corrected chi connectivity index (χ0v) is 21.7. The average Bonchev–Trinajstić information content (AvgIpc) is 3.57. The molecular weight excluding hydrogens is 505 g/mol. The topological polar surface area (TPSA) is 108 Å². The maximum atomic E-state index is 11.5. The summed E-state index contributed by atoms with van der Waals surface area (Å²) >= 11 is 1.66. The highest BCUT2D eigenvalue weighted by Gasteiger charge is 2.25. The minimum absolute atomic E-state index is 0.332. The van der Waals surface area contributed by atoms with Gasteiger partial charge in [0.2, 0.25) is 5.50 Å². The summed E-state index contributed by atoms with van der Waals surface area (Å²) in [6, 6.07) is 21.4. The first kappa shape index (κ1) is 24.1. The minimum atomic E-state index is -4.44. The predicted molar refractivity (Wildman–Crippen MR) is 147 cm³/mol. The number of aromatic nitrogens is 2. The van der Waals surface area contributed by atoms with Gasteiger partial charge >= 0.3 is 7.60 Å². The highest BCUT2D eigenvalue weighted by Crippen LogP contribution is 2.40. The van der Waals surface area contributed by atoms with Gasteiger partial charge in [-0.05, 0) is 66.6 Å². The Morgan fingerprint density at radius 1 is 1.00 bits per heavy atom. The lowest BCUT2D eigenvalue weighted by Gasteiger charge is -2.29. The fourth-order valence-electron chi connectivity index (χ4n) is 5.13. The maximum Gasteiger partial charge on any atom is 0.391 e. The molecule has 1 aliphatic rings. The van der Waals surface area contributed by atoms with Crippen LogP contribution in [0, 0.1) is 0 Å². The number of fused-ring (bicyclic) bond motifs is 1. The molecule has 37 heavy (non-hydrogen) atoms.